The van der Waals surface area contributed by atoms with Crippen molar-refractivity contribution in [3.8, 4) is 12.3 Å². The van der Waals surface area contributed by atoms with Crippen LogP contribution in [0.4, 0.5) is 4.79 Å². The van der Waals surface area contributed by atoms with E-state index in [0.717, 1.165) is 17.1 Å². The lowest BCUT2D eigenvalue weighted by Gasteiger charge is -2.34. The van der Waals surface area contributed by atoms with E-state index in [2.05, 4.69) is 11.2 Å². The molecule has 1 saturated heterocycles. The van der Waals surface area contributed by atoms with Crippen molar-refractivity contribution in [2.45, 2.75) is 50.1 Å². The van der Waals surface area contributed by atoms with E-state index in [4.69, 9.17) is 12.2 Å². The van der Waals surface area contributed by atoms with Gasteiger partial charge in [0.15, 0.2) is 0 Å². The minimum atomic E-state index is -4.44. The topological polar surface area (TPSA) is 133 Å². The number of primary amides is 1. The molecule has 1 aliphatic carbocycles. The number of amides is 4. The maximum Gasteiger partial charge on any atom is 0.317 e. The first-order chi connectivity index (χ1) is 14.7. The first kappa shape index (κ1) is 23.1. The minimum absolute atomic E-state index is 0.103. The molecule has 3 aliphatic rings. The summed E-state index contributed by atoms with van der Waals surface area (Å²) < 4.78 is 28.8. The molecule has 0 bridgehead atoms. The summed E-state index contributed by atoms with van der Waals surface area (Å²) >= 11 is 0. The van der Waals surface area contributed by atoms with Crippen LogP contribution in [-0.2, 0) is 19.8 Å². The summed E-state index contributed by atoms with van der Waals surface area (Å²) in [5.41, 5.74) is 3.96. The van der Waals surface area contributed by atoms with Crippen LogP contribution < -0.4 is 11.1 Å². The highest BCUT2D eigenvalue weighted by molar-refractivity contribution is 7.87. The molecule has 0 aromatic carbocycles. The number of carbonyl (C=O) groups excluding carboxylic acids is 3. The van der Waals surface area contributed by atoms with E-state index < -0.39 is 52.1 Å². The zero-order valence-corrected chi connectivity index (χ0v) is 18.4. The molecule has 11 heteroatoms. The third-order valence-electron chi connectivity index (χ3n) is 6.14. The SMILES string of the molecule is C#C[C@@H]1CCCN1S(=O)(=O)N1C(=O)CNC(=O)N(C)CCCC/C=C\C2CC21C(N)=O. The van der Waals surface area contributed by atoms with Gasteiger partial charge in [0.1, 0.15) is 5.54 Å². The number of allylic oxidation sites excluding steroid dienone is 1. The fourth-order valence-electron chi connectivity index (χ4n) is 4.30. The molecule has 2 fully saturated rings. The number of nitrogens with one attached hydrogen (secondary N) is 1. The Labute approximate surface area is 183 Å². The molecule has 170 valence electrons. The molecule has 0 aromatic heterocycles. The molecule has 2 aliphatic heterocycles. The van der Waals surface area contributed by atoms with E-state index >= 15 is 0 Å². The lowest BCUT2D eigenvalue weighted by molar-refractivity contribution is -0.134. The van der Waals surface area contributed by atoms with Crippen molar-refractivity contribution in [3.05, 3.63) is 12.2 Å². The average Bonchev–Trinajstić information content (AvgIpc) is 3.21. The van der Waals surface area contributed by atoms with E-state index in [1.807, 2.05) is 6.08 Å². The van der Waals surface area contributed by atoms with Crippen molar-refractivity contribution < 1.29 is 22.8 Å². The quantitative estimate of drug-likeness (QED) is 0.452. The summed E-state index contributed by atoms with van der Waals surface area (Å²) in [7, 11) is -2.85. The van der Waals surface area contributed by atoms with E-state index in [0.29, 0.717) is 30.1 Å². The van der Waals surface area contributed by atoms with Crippen LogP contribution in [-0.4, -0.2) is 78.0 Å². The standard InChI is InChI=1S/C20H29N5O5S/c1-3-16-10-8-12-24(16)31(29,30)25-17(26)14-22-19(28)23(2)11-7-5-4-6-9-15-13-20(15,25)18(21)27/h1,6,9,15-16H,4-5,7-8,10-14H2,2H3,(H2,21,27)(H,22,28)/b9-6-/t15?,16-,20?/m1/s1. The molecule has 0 radical (unpaired) electrons. The summed E-state index contributed by atoms with van der Waals surface area (Å²) in [5.74, 6) is 0.109. The number of terminal acetylenes is 1. The van der Waals surface area contributed by atoms with Gasteiger partial charge >= 0.3 is 16.2 Å². The van der Waals surface area contributed by atoms with Crippen molar-refractivity contribution in [1.29, 1.82) is 0 Å². The Bertz CT molecular complexity index is 927. The summed E-state index contributed by atoms with van der Waals surface area (Å²) in [5, 5.41) is 2.45. The molecule has 31 heavy (non-hydrogen) atoms. The van der Waals surface area contributed by atoms with Crippen LogP contribution >= 0.6 is 0 Å². The number of hydrogen-bond acceptors (Lipinski definition) is 5. The molecule has 0 aromatic rings. The lowest BCUT2D eigenvalue weighted by Crippen LogP contribution is -2.60. The van der Waals surface area contributed by atoms with Crippen LogP contribution in [0, 0.1) is 18.3 Å². The van der Waals surface area contributed by atoms with Gasteiger partial charge in [-0.1, -0.05) is 18.1 Å². The van der Waals surface area contributed by atoms with E-state index in [1.165, 1.54) is 4.90 Å². The molecule has 0 spiro atoms. The molecule has 3 atom stereocenters. The molecule has 3 N–H and O–H groups in total. The smallest absolute Gasteiger partial charge is 0.317 e. The van der Waals surface area contributed by atoms with Gasteiger partial charge in [0.2, 0.25) is 5.91 Å². The molecule has 2 unspecified atom stereocenters. The van der Waals surface area contributed by atoms with Gasteiger partial charge < -0.3 is 16.0 Å². The van der Waals surface area contributed by atoms with Crippen LogP contribution in [0.1, 0.15) is 38.5 Å². The van der Waals surface area contributed by atoms with Crippen LogP contribution in [0.15, 0.2) is 12.2 Å². The molecular formula is C20H29N5O5S. The number of carbonyl (C=O) groups is 3. The Morgan fingerprint density at radius 2 is 2.03 bits per heavy atom. The second kappa shape index (κ2) is 8.88. The summed E-state index contributed by atoms with van der Waals surface area (Å²) in [6.45, 7) is 0.0655. The van der Waals surface area contributed by atoms with E-state index in [1.54, 1.807) is 13.1 Å². The van der Waals surface area contributed by atoms with Gasteiger partial charge in [-0.25, -0.2) is 9.10 Å². The van der Waals surface area contributed by atoms with Gasteiger partial charge in [0.05, 0.1) is 12.6 Å². The van der Waals surface area contributed by atoms with Gasteiger partial charge in [-0.3, -0.25) is 9.59 Å². The zero-order valence-electron chi connectivity index (χ0n) is 17.6. The van der Waals surface area contributed by atoms with Crippen LogP contribution in [0.2, 0.25) is 0 Å². The van der Waals surface area contributed by atoms with Crippen LogP contribution in [0.5, 0.6) is 0 Å². The largest absolute Gasteiger partial charge is 0.368 e. The second-order valence-electron chi connectivity index (χ2n) is 8.20. The summed E-state index contributed by atoms with van der Waals surface area (Å²) in [6, 6.07) is -1.20. The van der Waals surface area contributed by atoms with Crippen LogP contribution in [0.25, 0.3) is 0 Å². The molecule has 1 saturated carbocycles. The van der Waals surface area contributed by atoms with Crippen molar-refractivity contribution in [2.24, 2.45) is 11.7 Å². The maximum absolute atomic E-state index is 13.6. The molecule has 2 heterocycles. The first-order valence-electron chi connectivity index (χ1n) is 10.4. The average molecular weight is 452 g/mol. The van der Waals surface area contributed by atoms with Crippen molar-refractivity contribution in [1.82, 2.24) is 18.8 Å². The van der Waals surface area contributed by atoms with Crippen molar-refractivity contribution in [2.75, 3.05) is 26.7 Å². The molecular weight excluding hydrogens is 422 g/mol. The van der Waals surface area contributed by atoms with Crippen molar-refractivity contribution >= 4 is 28.1 Å². The molecule has 10 nitrogen and oxygen atoms in total. The van der Waals surface area contributed by atoms with Gasteiger partial charge in [-0.2, -0.15) is 12.7 Å². The van der Waals surface area contributed by atoms with Crippen molar-refractivity contribution in [3.63, 3.8) is 0 Å². The lowest BCUT2D eigenvalue weighted by atomic mass is 10.1. The molecule has 3 rings (SSSR count). The van der Waals surface area contributed by atoms with Gasteiger partial charge in [-0.15, -0.1) is 6.42 Å². The number of nitrogens with zero attached hydrogens (tertiary/aromatic N) is 3. The Balaban J connectivity index is 2.02. The normalized spacial score (nSPS) is 31.9. The van der Waals surface area contributed by atoms with Gasteiger partial charge in [0, 0.05) is 26.1 Å². The second-order valence-corrected chi connectivity index (χ2v) is 9.93. The van der Waals surface area contributed by atoms with Gasteiger partial charge in [0.25, 0.3) is 5.91 Å². The van der Waals surface area contributed by atoms with Gasteiger partial charge in [-0.05, 0) is 38.5 Å². The fraction of sp³-hybridized carbons (Fsp3) is 0.650. The third kappa shape index (κ3) is 4.27. The number of urea groups is 1. The maximum atomic E-state index is 13.6. The molecule has 4 amide bonds. The highest BCUT2D eigenvalue weighted by Crippen LogP contribution is 2.51. The third-order valence-corrected chi connectivity index (χ3v) is 8.16. The Morgan fingerprint density at radius 1 is 1.29 bits per heavy atom. The minimum Gasteiger partial charge on any atom is -0.368 e. The number of hydrogen-bond donors (Lipinski definition) is 2. The number of nitrogens with two attached hydrogens (primary N) is 1. The monoisotopic (exact) mass is 451 g/mol. The Morgan fingerprint density at radius 3 is 2.71 bits per heavy atom. The predicted molar refractivity (Wildman–Crippen MR) is 113 cm³/mol. The zero-order chi connectivity index (χ0) is 22.8. The Kier molecular flexibility index (Phi) is 6.62. The van der Waals surface area contributed by atoms with E-state index in [-0.39, 0.29) is 13.0 Å². The van der Waals surface area contributed by atoms with E-state index in [9.17, 15) is 22.8 Å². The predicted octanol–water partition coefficient (Wildman–Crippen LogP) is -0.217. The highest BCUT2D eigenvalue weighted by Gasteiger charge is 2.67. The number of rotatable bonds is 3. The first-order valence-corrected chi connectivity index (χ1v) is 11.8. The summed E-state index contributed by atoms with van der Waals surface area (Å²) in [4.78, 5) is 39.4. The summed E-state index contributed by atoms with van der Waals surface area (Å²) in [6.07, 6.45) is 12.5. The van der Waals surface area contributed by atoms with Crippen LogP contribution in [0.3, 0.4) is 0 Å². The fourth-order valence-corrected chi connectivity index (χ4v) is 6.39. The highest BCUT2D eigenvalue weighted by atomic mass is 32.2. The number of fused-ring (bicyclic) bond motifs is 1. The Hall–Kier alpha value is -2.58.